The molecule has 110 valence electrons. The lowest BCUT2D eigenvalue weighted by molar-refractivity contribution is 0.208. The lowest BCUT2D eigenvalue weighted by Crippen LogP contribution is -2.41. The van der Waals surface area contributed by atoms with E-state index < -0.39 is 0 Å². The normalized spacial score (nSPS) is 19.3. The summed E-state index contributed by atoms with van der Waals surface area (Å²) in [6, 6.07) is 14.4. The molecule has 1 atom stereocenters. The molecule has 0 spiro atoms. The second kappa shape index (κ2) is 6.59. The molecule has 21 heavy (non-hydrogen) atoms. The molecular formula is C17H21N3O. The van der Waals surface area contributed by atoms with Crippen molar-refractivity contribution in [1.82, 2.24) is 9.88 Å². The number of likely N-dealkylation sites (tertiary alicyclic amines) is 1. The summed E-state index contributed by atoms with van der Waals surface area (Å²) in [5, 5.41) is 3.51. The van der Waals surface area contributed by atoms with Gasteiger partial charge in [-0.2, -0.15) is 0 Å². The summed E-state index contributed by atoms with van der Waals surface area (Å²) in [6.45, 7) is 3.19. The molecule has 1 aliphatic heterocycles. The first kappa shape index (κ1) is 13.9. The van der Waals surface area contributed by atoms with E-state index in [4.69, 9.17) is 0 Å². The van der Waals surface area contributed by atoms with Gasteiger partial charge in [0.15, 0.2) is 0 Å². The van der Waals surface area contributed by atoms with Crippen molar-refractivity contribution in [2.24, 2.45) is 0 Å². The maximum Gasteiger partial charge on any atom is 0.248 e. The minimum Gasteiger partial charge on any atom is -0.380 e. The predicted octanol–water partition coefficient (Wildman–Crippen LogP) is 2.45. The molecule has 4 nitrogen and oxygen atoms in total. The number of hydrogen-bond acceptors (Lipinski definition) is 3. The molecule has 4 heteroatoms. The topological polar surface area (TPSA) is 48.1 Å². The summed E-state index contributed by atoms with van der Waals surface area (Å²) in [6.07, 6.45) is 4.12. The van der Waals surface area contributed by atoms with Crippen molar-refractivity contribution in [3.05, 3.63) is 64.6 Å². The van der Waals surface area contributed by atoms with Crippen LogP contribution < -0.4 is 10.9 Å². The second-order valence-electron chi connectivity index (χ2n) is 5.65. The highest BCUT2D eigenvalue weighted by atomic mass is 16.1. The van der Waals surface area contributed by atoms with E-state index >= 15 is 0 Å². The first-order chi connectivity index (χ1) is 10.3. The third-order valence-corrected chi connectivity index (χ3v) is 3.91. The number of aromatic amines is 1. The number of aromatic nitrogens is 1. The van der Waals surface area contributed by atoms with Gasteiger partial charge >= 0.3 is 0 Å². The highest BCUT2D eigenvalue weighted by molar-refractivity contribution is 5.41. The van der Waals surface area contributed by atoms with E-state index in [2.05, 4.69) is 45.5 Å². The fourth-order valence-corrected chi connectivity index (χ4v) is 2.89. The molecule has 1 aromatic heterocycles. The molecule has 0 radical (unpaired) electrons. The van der Waals surface area contributed by atoms with Gasteiger partial charge in [-0.15, -0.1) is 0 Å². The Morgan fingerprint density at radius 1 is 1.19 bits per heavy atom. The quantitative estimate of drug-likeness (QED) is 0.906. The van der Waals surface area contributed by atoms with Crippen LogP contribution in [0.3, 0.4) is 0 Å². The Morgan fingerprint density at radius 2 is 2.05 bits per heavy atom. The lowest BCUT2D eigenvalue weighted by atomic mass is 10.0. The zero-order valence-electron chi connectivity index (χ0n) is 12.1. The van der Waals surface area contributed by atoms with E-state index in [1.54, 1.807) is 12.3 Å². The van der Waals surface area contributed by atoms with E-state index in [-0.39, 0.29) is 5.56 Å². The average Bonchev–Trinajstić information content (AvgIpc) is 2.51. The number of anilines is 1. The van der Waals surface area contributed by atoms with Gasteiger partial charge in [-0.05, 0) is 31.0 Å². The number of H-pyrrole nitrogens is 1. The van der Waals surface area contributed by atoms with E-state index in [9.17, 15) is 4.79 Å². The van der Waals surface area contributed by atoms with Crippen LogP contribution in [0.1, 0.15) is 18.4 Å². The van der Waals surface area contributed by atoms with E-state index in [0.717, 1.165) is 25.3 Å². The summed E-state index contributed by atoms with van der Waals surface area (Å²) in [5.74, 6) is 0. The summed E-state index contributed by atoms with van der Waals surface area (Å²) in [7, 11) is 0. The highest BCUT2D eigenvalue weighted by Gasteiger charge is 2.19. The number of nitrogens with one attached hydrogen (secondary N) is 2. The molecule has 2 heterocycles. The maximum absolute atomic E-state index is 11.1. The Labute approximate surface area is 124 Å². The van der Waals surface area contributed by atoms with Gasteiger partial charge in [0.2, 0.25) is 5.56 Å². The van der Waals surface area contributed by atoms with Crippen molar-refractivity contribution in [3.8, 4) is 0 Å². The van der Waals surface area contributed by atoms with Crippen LogP contribution in [0.15, 0.2) is 53.5 Å². The summed E-state index contributed by atoms with van der Waals surface area (Å²) in [4.78, 5) is 16.3. The Morgan fingerprint density at radius 3 is 2.81 bits per heavy atom. The Kier molecular flexibility index (Phi) is 4.36. The lowest BCUT2D eigenvalue weighted by Gasteiger charge is -2.33. The van der Waals surface area contributed by atoms with Gasteiger partial charge in [0.25, 0.3) is 0 Å². The molecule has 0 amide bonds. The smallest absolute Gasteiger partial charge is 0.248 e. The van der Waals surface area contributed by atoms with Gasteiger partial charge in [-0.3, -0.25) is 9.69 Å². The molecule has 1 unspecified atom stereocenters. The fourth-order valence-electron chi connectivity index (χ4n) is 2.89. The molecule has 0 bridgehead atoms. The average molecular weight is 283 g/mol. The zero-order chi connectivity index (χ0) is 14.5. The third kappa shape index (κ3) is 3.95. The summed E-state index contributed by atoms with van der Waals surface area (Å²) in [5.41, 5.74) is 2.29. The minimum absolute atomic E-state index is 0.0603. The van der Waals surface area contributed by atoms with Crippen LogP contribution in [0, 0.1) is 0 Å². The van der Waals surface area contributed by atoms with Gasteiger partial charge in [-0.25, -0.2) is 0 Å². The molecule has 1 saturated heterocycles. The molecule has 1 aliphatic rings. The van der Waals surface area contributed by atoms with Crippen molar-refractivity contribution >= 4 is 5.69 Å². The summed E-state index contributed by atoms with van der Waals surface area (Å²) < 4.78 is 0. The van der Waals surface area contributed by atoms with E-state index in [1.807, 2.05) is 6.07 Å². The highest BCUT2D eigenvalue weighted by Crippen LogP contribution is 2.17. The first-order valence-electron chi connectivity index (χ1n) is 7.51. The number of nitrogens with zero attached hydrogens (tertiary/aromatic N) is 1. The van der Waals surface area contributed by atoms with E-state index in [0.29, 0.717) is 6.04 Å². The van der Waals surface area contributed by atoms with Crippen LogP contribution in [0.2, 0.25) is 0 Å². The molecule has 2 aromatic rings. The number of benzene rings is 1. The predicted molar refractivity (Wildman–Crippen MR) is 85.4 cm³/mol. The van der Waals surface area contributed by atoms with Gasteiger partial charge in [0.05, 0.1) is 5.69 Å². The van der Waals surface area contributed by atoms with Crippen LogP contribution in [0.5, 0.6) is 0 Å². The van der Waals surface area contributed by atoms with Crippen LogP contribution in [0.25, 0.3) is 0 Å². The second-order valence-corrected chi connectivity index (χ2v) is 5.65. The molecule has 1 fully saturated rings. The molecule has 2 N–H and O–H groups in total. The monoisotopic (exact) mass is 283 g/mol. The van der Waals surface area contributed by atoms with Crippen LogP contribution in [-0.4, -0.2) is 29.0 Å². The Bertz CT molecular complexity index is 603. The molecular weight excluding hydrogens is 262 g/mol. The van der Waals surface area contributed by atoms with Crippen molar-refractivity contribution in [2.75, 3.05) is 18.4 Å². The van der Waals surface area contributed by atoms with Gasteiger partial charge in [0, 0.05) is 31.4 Å². The van der Waals surface area contributed by atoms with E-state index in [1.165, 1.54) is 18.4 Å². The molecule has 0 saturated carbocycles. The zero-order valence-corrected chi connectivity index (χ0v) is 12.1. The van der Waals surface area contributed by atoms with Crippen molar-refractivity contribution in [3.63, 3.8) is 0 Å². The number of hydrogen-bond donors (Lipinski definition) is 2. The van der Waals surface area contributed by atoms with Gasteiger partial charge in [0.1, 0.15) is 0 Å². The fraction of sp³-hybridized carbons (Fsp3) is 0.353. The Balaban J connectivity index is 1.58. The van der Waals surface area contributed by atoms with Crippen molar-refractivity contribution < 1.29 is 0 Å². The van der Waals surface area contributed by atoms with Crippen molar-refractivity contribution in [2.45, 2.75) is 25.4 Å². The third-order valence-electron chi connectivity index (χ3n) is 3.91. The number of piperidine rings is 1. The Hall–Kier alpha value is -2.07. The van der Waals surface area contributed by atoms with Gasteiger partial charge in [-0.1, -0.05) is 30.3 Å². The number of pyridine rings is 1. The minimum atomic E-state index is -0.0603. The van der Waals surface area contributed by atoms with Crippen LogP contribution in [-0.2, 0) is 6.54 Å². The van der Waals surface area contributed by atoms with Crippen LogP contribution in [0.4, 0.5) is 5.69 Å². The molecule has 1 aromatic carbocycles. The number of rotatable bonds is 4. The SMILES string of the molecule is O=c1ccc(NC2CCCN(Cc3ccccc3)C2)c[nH]1. The standard InChI is InChI=1S/C17H21N3O/c21-17-9-8-15(11-18-17)19-16-7-4-10-20(13-16)12-14-5-2-1-3-6-14/h1-3,5-6,8-9,11,16,19H,4,7,10,12-13H2,(H,18,21). The molecule has 3 rings (SSSR count). The first-order valence-corrected chi connectivity index (χ1v) is 7.51. The van der Waals surface area contributed by atoms with Crippen LogP contribution >= 0.6 is 0 Å². The summed E-state index contributed by atoms with van der Waals surface area (Å²) >= 11 is 0. The maximum atomic E-state index is 11.1. The molecule has 0 aliphatic carbocycles. The van der Waals surface area contributed by atoms with Crippen molar-refractivity contribution in [1.29, 1.82) is 0 Å². The van der Waals surface area contributed by atoms with Gasteiger partial charge < -0.3 is 10.3 Å². The largest absolute Gasteiger partial charge is 0.380 e.